The number of carbonyl (C=O) groups excluding carboxylic acids is 1. The monoisotopic (exact) mass is 255 g/mol. The van der Waals surface area contributed by atoms with E-state index in [2.05, 4.69) is 22.5 Å². The van der Waals surface area contributed by atoms with Gasteiger partial charge >= 0.3 is 0 Å². The highest BCUT2D eigenvalue weighted by molar-refractivity contribution is 5.78. The molecule has 2 aliphatic rings. The van der Waals surface area contributed by atoms with Crippen molar-refractivity contribution >= 4 is 5.91 Å². The highest BCUT2D eigenvalue weighted by Gasteiger charge is 2.27. The van der Waals surface area contributed by atoms with Gasteiger partial charge in [-0.2, -0.15) is 0 Å². The van der Waals surface area contributed by atoms with Crippen LogP contribution < -0.4 is 10.6 Å². The molecular weight excluding hydrogens is 230 g/mol. The van der Waals surface area contributed by atoms with E-state index >= 15 is 0 Å². The Morgan fingerprint density at radius 3 is 2.94 bits per heavy atom. The van der Waals surface area contributed by atoms with E-state index in [-0.39, 0.29) is 5.91 Å². The summed E-state index contributed by atoms with van der Waals surface area (Å²) in [6.45, 7) is 8.20. The van der Waals surface area contributed by atoms with Crippen LogP contribution in [0.5, 0.6) is 0 Å². The van der Waals surface area contributed by atoms with E-state index in [0.717, 1.165) is 52.2 Å². The molecule has 0 bridgehead atoms. The maximum absolute atomic E-state index is 11.8. The van der Waals surface area contributed by atoms with Crippen molar-refractivity contribution in [3.8, 4) is 0 Å². The van der Waals surface area contributed by atoms with Crippen LogP contribution in [0.25, 0.3) is 0 Å². The third-order valence-electron chi connectivity index (χ3n) is 3.89. The van der Waals surface area contributed by atoms with Crippen LogP contribution in [-0.4, -0.2) is 62.8 Å². The number of rotatable bonds is 5. The summed E-state index contributed by atoms with van der Waals surface area (Å²) in [4.78, 5) is 14.1. The predicted molar refractivity (Wildman–Crippen MR) is 70.5 cm³/mol. The second-order valence-electron chi connectivity index (χ2n) is 5.20. The van der Waals surface area contributed by atoms with E-state index in [9.17, 15) is 4.79 Å². The van der Waals surface area contributed by atoms with Crippen molar-refractivity contribution in [2.75, 3.05) is 45.9 Å². The normalized spacial score (nSPS) is 29.4. The quantitative estimate of drug-likeness (QED) is 0.716. The summed E-state index contributed by atoms with van der Waals surface area (Å²) in [5.74, 6) is 0.653. The zero-order chi connectivity index (χ0) is 12.8. The molecule has 0 radical (unpaired) electrons. The Kier molecular flexibility index (Phi) is 5.41. The molecule has 2 heterocycles. The number of hydrogen-bond acceptors (Lipinski definition) is 4. The van der Waals surface area contributed by atoms with Gasteiger partial charge in [-0.3, -0.25) is 9.69 Å². The van der Waals surface area contributed by atoms with Gasteiger partial charge in [0.15, 0.2) is 0 Å². The van der Waals surface area contributed by atoms with Crippen LogP contribution >= 0.6 is 0 Å². The number of hydrogen-bond donors (Lipinski definition) is 2. The lowest BCUT2D eigenvalue weighted by Crippen LogP contribution is -2.48. The van der Waals surface area contributed by atoms with Gasteiger partial charge in [0, 0.05) is 45.2 Å². The van der Waals surface area contributed by atoms with E-state index < -0.39 is 0 Å². The van der Waals surface area contributed by atoms with Gasteiger partial charge in [-0.25, -0.2) is 0 Å². The summed E-state index contributed by atoms with van der Waals surface area (Å²) in [5, 5.41) is 6.34. The lowest BCUT2D eigenvalue weighted by atomic mass is 10.00. The first-order valence-corrected chi connectivity index (χ1v) is 7.11. The van der Waals surface area contributed by atoms with Gasteiger partial charge in [0.25, 0.3) is 0 Å². The molecule has 1 amide bonds. The molecule has 0 saturated carbocycles. The van der Waals surface area contributed by atoms with Gasteiger partial charge in [-0.1, -0.05) is 6.92 Å². The number of piperazine rings is 1. The first-order chi connectivity index (χ1) is 8.79. The SMILES string of the molecule is CCC1OCCC1CNC(=O)CN1CCNCC1. The molecule has 0 aromatic carbocycles. The summed E-state index contributed by atoms with van der Waals surface area (Å²) < 4.78 is 5.63. The molecule has 104 valence electrons. The van der Waals surface area contributed by atoms with Crippen LogP contribution in [0.2, 0.25) is 0 Å². The molecule has 5 nitrogen and oxygen atoms in total. The zero-order valence-corrected chi connectivity index (χ0v) is 11.3. The Bertz CT molecular complexity index is 267. The molecule has 2 N–H and O–H groups in total. The molecule has 0 spiro atoms. The van der Waals surface area contributed by atoms with Crippen LogP contribution in [0.1, 0.15) is 19.8 Å². The van der Waals surface area contributed by atoms with Crippen molar-refractivity contribution in [2.24, 2.45) is 5.92 Å². The average Bonchev–Trinajstić information content (AvgIpc) is 2.85. The molecule has 2 aliphatic heterocycles. The van der Waals surface area contributed by atoms with E-state index in [1.54, 1.807) is 0 Å². The van der Waals surface area contributed by atoms with Gasteiger partial charge in [-0.05, 0) is 12.8 Å². The second-order valence-corrected chi connectivity index (χ2v) is 5.20. The lowest BCUT2D eigenvalue weighted by Gasteiger charge is -2.26. The van der Waals surface area contributed by atoms with Crippen LogP contribution in [-0.2, 0) is 9.53 Å². The van der Waals surface area contributed by atoms with Gasteiger partial charge < -0.3 is 15.4 Å². The highest BCUT2D eigenvalue weighted by atomic mass is 16.5. The molecule has 0 aromatic rings. The first-order valence-electron chi connectivity index (χ1n) is 7.11. The number of carbonyl (C=O) groups is 1. The third-order valence-corrected chi connectivity index (χ3v) is 3.89. The standard InChI is InChI=1S/C13H25N3O2/c1-2-12-11(3-8-18-12)9-15-13(17)10-16-6-4-14-5-7-16/h11-12,14H,2-10H2,1H3,(H,15,17). The molecule has 2 atom stereocenters. The Morgan fingerprint density at radius 2 is 2.22 bits per heavy atom. The molecule has 0 aliphatic carbocycles. The minimum Gasteiger partial charge on any atom is -0.378 e. The van der Waals surface area contributed by atoms with Crippen LogP contribution in [0.3, 0.4) is 0 Å². The highest BCUT2D eigenvalue weighted by Crippen LogP contribution is 2.22. The predicted octanol–water partition coefficient (Wildman–Crippen LogP) is -0.177. The van der Waals surface area contributed by atoms with E-state index in [1.165, 1.54) is 0 Å². The molecule has 5 heteroatoms. The van der Waals surface area contributed by atoms with Crippen molar-refractivity contribution in [1.82, 2.24) is 15.5 Å². The second kappa shape index (κ2) is 7.07. The fourth-order valence-electron chi connectivity index (χ4n) is 2.75. The largest absolute Gasteiger partial charge is 0.378 e. The van der Waals surface area contributed by atoms with Crippen molar-refractivity contribution < 1.29 is 9.53 Å². The molecule has 2 unspecified atom stereocenters. The summed E-state index contributed by atoms with van der Waals surface area (Å²) >= 11 is 0. The average molecular weight is 255 g/mol. The number of nitrogens with zero attached hydrogens (tertiary/aromatic N) is 1. The zero-order valence-electron chi connectivity index (χ0n) is 11.3. The summed E-state index contributed by atoms with van der Waals surface area (Å²) in [6.07, 6.45) is 2.45. The number of amides is 1. The molecule has 2 rings (SSSR count). The van der Waals surface area contributed by atoms with Crippen LogP contribution in [0.4, 0.5) is 0 Å². The van der Waals surface area contributed by atoms with Crippen molar-refractivity contribution in [3.05, 3.63) is 0 Å². The molecule has 2 fully saturated rings. The first kappa shape index (κ1) is 13.8. The van der Waals surface area contributed by atoms with Crippen molar-refractivity contribution in [1.29, 1.82) is 0 Å². The van der Waals surface area contributed by atoms with Gasteiger partial charge in [0.1, 0.15) is 0 Å². The molecule has 0 aromatic heterocycles. The number of nitrogens with one attached hydrogen (secondary N) is 2. The minimum atomic E-state index is 0.152. The van der Waals surface area contributed by atoms with Gasteiger partial charge in [-0.15, -0.1) is 0 Å². The van der Waals surface area contributed by atoms with E-state index in [1.807, 2.05) is 0 Å². The fraction of sp³-hybridized carbons (Fsp3) is 0.923. The van der Waals surface area contributed by atoms with Crippen molar-refractivity contribution in [3.63, 3.8) is 0 Å². The molecule has 2 saturated heterocycles. The summed E-state index contributed by atoms with van der Waals surface area (Å²) in [5.41, 5.74) is 0. The van der Waals surface area contributed by atoms with Crippen LogP contribution in [0, 0.1) is 5.92 Å². The van der Waals surface area contributed by atoms with E-state index in [4.69, 9.17) is 4.74 Å². The Morgan fingerprint density at radius 1 is 1.44 bits per heavy atom. The maximum Gasteiger partial charge on any atom is 0.234 e. The summed E-state index contributed by atoms with van der Waals surface area (Å²) in [7, 11) is 0. The fourth-order valence-corrected chi connectivity index (χ4v) is 2.75. The van der Waals surface area contributed by atoms with Gasteiger partial charge in [0.05, 0.1) is 12.6 Å². The van der Waals surface area contributed by atoms with E-state index in [0.29, 0.717) is 18.6 Å². The number of ether oxygens (including phenoxy) is 1. The van der Waals surface area contributed by atoms with Gasteiger partial charge in [0.2, 0.25) is 5.91 Å². The van der Waals surface area contributed by atoms with Crippen LogP contribution in [0.15, 0.2) is 0 Å². The Labute approximate surface area is 109 Å². The lowest BCUT2D eigenvalue weighted by molar-refractivity contribution is -0.122. The van der Waals surface area contributed by atoms with Crippen molar-refractivity contribution in [2.45, 2.75) is 25.9 Å². The molecule has 18 heavy (non-hydrogen) atoms. The maximum atomic E-state index is 11.8. The Balaban J connectivity index is 1.64. The topological polar surface area (TPSA) is 53.6 Å². The summed E-state index contributed by atoms with van der Waals surface area (Å²) in [6, 6.07) is 0. The minimum absolute atomic E-state index is 0.152. The smallest absolute Gasteiger partial charge is 0.234 e. The molecular formula is C13H25N3O2. The third kappa shape index (κ3) is 3.93. The Hall–Kier alpha value is -0.650.